The van der Waals surface area contributed by atoms with Gasteiger partial charge in [-0.2, -0.15) is 0 Å². The first-order valence-electron chi connectivity index (χ1n) is 6.82. The van der Waals surface area contributed by atoms with E-state index in [1.807, 2.05) is 6.07 Å². The molecule has 1 aromatic carbocycles. The molecule has 0 bridgehead atoms. The minimum atomic E-state index is -0.289. The Morgan fingerprint density at radius 3 is 3.10 bits per heavy atom. The van der Waals surface area contributed by atoms with Crippen molar-refractivity contribution in [1.82, 2.24) is 4.98 Å². The van der Waals surface area contributed by atoms with Crippen LogP contribution in [0.4, 0.5) is 10.1 Å². The number of pyridine rings is 1. The number of nitrogens with one attached hydrogen (secondary N) is 1. The Bertz CT molecular complexity index is 660. The Kier molecular flexibility index (Phi) is 3.89. The molecule has 0 atom stereocenters. The molecule has 0 saturated heterocycles. The van der Waals surface area contributed by atoms with Gasteiger partial charge in [0.05, 0.1) is 24.6 Å². The molecular formula is C15H16BrFN2O. The number of anilines is 1. The minimum absolute atomic E-state index is 0.289. The zero-order chi connectivity index (χ0) is 14.1. The molecule has 20 heavy (non-hydrogen) atoms. The smallest absolute Gasteiger partial charge is 0.150 e. The molecule has 2 heterocycles. The number of aromatic nitrogens is 1. The van der Waals surface area contributed by atoms with Gasteiger partial charge in [-0.3, -0.25) is 0 Å². The predicted molar refractivity (Wildman–Crippen MR) is 81.5 cm³/mol. The van der Waals surface area contributed by atoms with Crippen molar-refractivity contribution in [2.24, 2.45) is 0 Å². The molecule has 2 aromatic rings. The van der Waals surface area contributed by atoms with Crippen LogP contribution in [0.1, 0.15) is 24.6 Å². The first-order chi connectivity index (χ1) is 9.70. The molecule has 0 saturated carbocycles. The number of fused-ring (bicyclic) bond motifs is 2. The number of hydrogen-bond donors (Lipinski definition) is 1. The van der Waals surface area contributed by atoms with E-state index in [4.69, 9.17) is 4.74 Å². The highest BCUT2D eigenvalue weighted by Crippen LogP contribution is 2.34. The fourth-order valence-electron chi connectivity index (χ4n) is 2.54. The van der Waals surface area contributed by atoms with E-state index in [0.717, 1.165) is 46.2 Å². The number of ether oxygens (including phenoxy) is 1. The molecule has 1 aliphatic heterocycles. The van der Waals surface area contributed by atoms with Crippen LogP contribution in [0, 0.1) is 5.82 Å². The summed E-state index contributed by atoms with van der Waals surface area (Å²) >= 11 is 3.35. The predicted octanol–water partition coefficient (Wildman–Crippen LogP) is 4.03. The van der Waals surface area contributed by atoms with Crippen molar-refractivity contribution in [3.05, 3.63) is 33.7 Å². The Morgan fingerprint density at radius 1 is 1.45 bits per heavy atom. The number of benzene rings is 1. The molecule has 1 aliphatic rings. The van der Waals surface area contributed by atoms with E-state index >= 15 is 0 Å². The standard InChI is InChI=1S/C15H16BrFN2O/c1-2-4-18-14-10-6-9(16)7-12(17)15(10)19-13-3-5-20-8-11(13)14/h6-7H,2-5,8H2,1H3,(H,18,19). The van der Waals surface area contributed by atoms with Gasteiger partial charge in [-0.1, -0.05) is 22.9 Å². The van der Waals surface area contributed by atoms with Crippen molar-refractivity contribution < 1.29 is 9.13 Å². The first-order valence-corrected chi connectivity index (χ1v) is 7.62. The molecule has 5 heteroatoms. The summed E-state index contributed by atoms with van der Waals surface area (Å²) in [5.74, 6) is -0.289. The van der Waals surface area contributed by atoms with Gasteiger partial charge in [0, 0.05) is 28.4 Å². The van der Waals surface area contributed by atoms with Crippen molar-refractivity contribution in [3.63, 3.8) is 0 Å². The molecule has 0 fully saturated rings. The van der Waals surface area contributed by atoms with Gasteiger partial charge < -0.3 is 10.1 Å². The van der Waals surface area contributed by atoms with Gasteiger partial charge in [-0.05, 0) is 18.6 Å². The molecule has 0 spiro atoms. The average molecular weight is 339 g/mol. The third-order valence-electron chi connectivity index (χ3n) is 3.48. The van der Waals surface area contributed by atoms with Crippen molar-refractivity contribution in [2.45, 2.75) is 26.4 Å². The summed E-state index contributed by atoms with van der Waals surface area (Å²) in [5.41, 5.74) is 3.41. The fourth-order valence-corrected chi connectivity index (χ4v) is 2.97. The van der Waals surface area contributed by atoms with E-state index in [1.165, 1.54) is 6.07 Å². The Labute approximate surface area is 125 Å². The third-order valence-corrected chi connectivity index (χ3v) is 3.93. The Hall–Kier alpha value is -1.20. The monoisotopic (exact) mass is 338 g/mol. The number of nitrogens with zero attached hydrogens (tertiary/aromatic N) is 1. The summed E-state index contributed by atoms with van der Waals surface area (Å²) in [6, 6.07) is 3.38. The summed E-state index contributed by atoms with van der Waals surface area (Å²) in [6.07, 6.45) is 1.75. The lowest BCUT2D eigenvalue weighted by Crippen LogP contribution is -2.16. The van der Waals surface area contributed by atoms with Crippen LogP contribution in [0.15, 0.2) is 16.6 Å². The molecule has 106 valence electrons. The summed E-state index contributed by atoms with van der Waals surface area (Å²) in [6.45, 7) is 4.14. The van der Waals surface area contributed by atoms with Crippen molar-refractivity contribution in [1.29, 1.82) is 0 Å². The van der Waals surface area contributed by atoms with Crippen LogP contribution < -0.4 is 5.32 Å². The summed E-state index contributed by atoms with van der Waals surface area (Å²) < 4.78 is 20.4. The SMILES string of the molecule is CCCNc1c2c(nc3c(F)cc(Br)cc13)CCOC2. The first kappa shape index (κ1) is 13.8. The zero-order valence-electron chi connectivity index (χ0n) is 11.3. The van der Waals surface area contributed by atoms with Crippen molar-refractivity contribution >= 4 is 32.5 Å². The molecule has 0 amide bonds. The second kappa shape index (κ2) is 5.66. The molecule has 0 unspecified atom stereocenters. The van der Waals surface area contributed by atoms with Crippen LogP contribution in [0.25, 0.3) is 10.9 Å². The van der Waals surface area contributed by atoms with E-state index in [2.05, 4.69) is 33.2 Å². The van der Waals surface area contributed by atoms with E-state index in [0.29, 0.717) is 18.7 Å². The van der Waals surface area contributed by atoms with Crippen LogP contribution in [-0.4, -0.2) is 18.1 Å². The van der Waals surface area contributed by atoms with E-state index in [-0.39, 0.29) is 5.82 Å². The zero-order valence-corrected chi connectivity index (χ0v) is 12.9. The average Bonchev–Trinajstić information content (AvgIpc) is 2.44. The lowest BCUT2D eigenvalue weighted by molar-refractivity contribution is 0.110. The molecule has 0 aliphatic carbocycles. The van der Waals surface area contributed by atoms with Crippen LogP contribution >= 0.6 is 15.9 Å². The van der Waals surface area contributed by atoms with Crippen molar-refractivity contribution in [2.75, 3.05) is 18.5 Å². The quantitative estimate of drug-likeness (QED) is 0.917. The van der Waals surface area contributed by atoms with Gasteiger partial charge in [0.1, 0.15) is 5.52 Å². The minimum Gasteiger partial charge on any atom is -0.384 e. The molecule has 3 rings (SSSR count). The maximum atomic E-state index is 14.2. The lowest BCUT2D eigenvalue weighted by Gasteiger charge is -2.22. The lowest BCUT2D eigenvalue weighted by atomic mass is 10.0. The number of hydrogen-bond acceptors (Lipinski definition) is 3. The van der Waals surface area contributed by atoms with Crippen LogP contribution in [0.2, 0.25) is 0 Å². The molecule has 0 radical (unpaired) electrons. The summed E-state index contributed by atoms with van der Waals surface area (Å²) in [7, 11) is 0. The summed E-state index contributed by atoms with van der Waals surface area (Å²) in [5, 5.41) is 4.23. The Morgan fingerprint density at radius 2 is 2.30 bits per heavy atom. The van der Waals surface area contributed by atoms with Gasteiger partial charge in [0.15, 0.2) is 5.82 Å². The van der Waals surface area contributed by atoms with Gasteiger partial charge in [-0.15, -0.1) is 0 Å². The molecular weight excluding hydrogens is 323 g/mol. The van der Waals surface area contributed by atoms with Gasteiger partial charge in [0.2, 0.25) is 0 Å². The van der Waals surface area contributed by atoms with Gasteiger partial charge >= 0.3 is 0 Å². The largest absolute Gasteiger partial charge is 0.384 e. The maximum Gasteiger partial charge on any atom is 0.150 e. The second-order valence-corrected chi connectivity index (χ2v) is 5.84. The highest BCUT2D eigenvalue weighted by atomic mass is 79.9. The van der Waals surface area contributed by atoms with Gasteiger partial charge in [-0.25, -0.2) is 9.37 Å². The van der Waals surface area contributed by atoms with E-state index in [9.17, 15) is 4.39 Å². The van der Waals surface area contributed by atoms with E-state index in [1.54, 1.807) is 0 Å². The fraction of sp³-hybridized carbons (Fsp3) is 0.400. The molecule has 1 N–H and O–H groups in total. The summed E-state index contributed by atoms with van der Waals surface area (Å²) in [4.78, 5) is 4.51. The van der Waals surface area contributed by atoms with Crippen molar-refractivity contribution in [3.8, 4) is 0 Å². The molecule has 1 aromatic heterocycles. The molecule has 3 nitrogen and oxygen atoms in total. The number of rotatable bonds is 3. The maximum absolute atomic E-state index is 14.2. The number of halogens is 2. The third kappa shape index (κ3) is 2.40. The second-order valence-electron chi connectivity index (χ2n) is 4.93. The normalized spacial score (nSPS) is 14.3. The van der Waals surface area contributed by atoms with Crippen LogP contribution in [0.5, 0.6) is 0 Å². The topological polar surface area (TPSA) is 34.2 Å². The van der Waals surface area contributed by atoms with Crippen LogP contribution in [-0.2, 0) is 17.8 Å². The highest BCUT2D eigenvalue weighted by Gasteiger charge is 2.20. The van der Waals surface area contributed by atoms with E-state index < -0.39 is 0 Å². The van der Waals surface area contributed by atoms with Gasteiger partial charge in [0.25, 0.3) is 0 Å². The highest BCUT2D eigenvalue weighted by molar-refractivity contribution is 9.10. The van der Waals surface area contributed by atoms with Crippen LogP contribution in [0.3, 0.4) is 0 Å². The Balaban J connectivity index is 2.27.